The zero-order valence-corrected chi connectivity index (χ0v) is 11.9. The van der Waals surface area contributed by atoms with Crippen LogP contribution < -0.4 is 0 Å². The molecule has 2 aromatic heterocycles. The molecular weight excluding hydrogens is 287 g/mol. The summed E-state index contributed by atoms with van der Waals surface area (Å²) >= 11 is 11.8. The maximum absolute atomic E-state index is 10.2. The van der Waals surface area contributed by atoms with Crippen LogP contribution in [0.5, 0.6) is 0 Å². The molecule has 0 aliphatic rings. The molecule has 19 heavy (non-hydrogen) atoms. The second-order valence-electron chi connectivity index (χ2n) is 4.14. The molecule has 7 heteroatoms. The average Bonchev–Trinajstić information content (AvgIpc) is 2.77. The number of aliphatic hydroxyl groups is 1. The number of halogens is 2. The lowest BCUT2D eigenvalue weighted by molar-refractivity contribution is 0.169. The molecule has 0 saturated carbocycles. The van der Waals surface area contributed by atoms with E-state index in [1.54, 1.807) is 10.7 Å². The number of hydrogen-bond donors (Lipinski definition) is 1. The van der Waals surface area contributed by atoms with Crippen LogP contribution >= 0.6 is 23.2 Å². The maximum atomic E-state index is 10.2. The number of aryl methyl sites for hydroxylation is 1. The molecule has 2 aromatic rings. The molecular formula is C12H14Cl2N4O. The Morgan fingerprint density at radius 2 is 2.16 bits per heavy atom. The van der Waals surface area contributed by atoms with Crippen LogP contribution in [0.4, 0.5) is 0 Å². The minimum atomic E-state index is -0.829. The first-order valence-corrected chi connectivity index (χ1v) is 6.73. The Kier molecular flexibility index (Phi) is 4.74. The standard InChI is InChI=1S/C12H14Cl2N4O/c1-2-3-18-11(16-7-17-18)5-10(19)12-9(14)4-8(13)6-15-12/h4,6-7,10,19H,2-3,5H2,1H3. The Bertz CT molecular complexity index is 558. The van der Waals surface area contributed by atoms with Gasteiger partial charge in [-0.2, -0.15) is 5.10 Å². The third kappa shape index (κ3) is 3.43. The molecule has 102 valence electrons. The summed E-state index contributed by atoms with van der Waals surface area (Å²) in [5.74, 6) is 0.710. The van der Waals surface area contributed by atoms with E-state index < -0.39 is 6.10 Å². The molecule has 2 rings (SSSR count). The topological polar surface area (TPSA) is 63.8 Å². The maximum Gasteiger partial charge on any atom is 0.138 e. The highest BCUT2D eigenvalue weighted by molar-refractivity contribution is 6.34. The monoisotopic (exact) mass is 300 g/mol. The van der Waals surface area contributed by atoms with Gasteiger partial charge in [0.2, 0.25) is 0 Å². The quantitative estimate of drug-likeness (QED) is 0.922. The number of pyridine rings is 1. The minimum absolute atomic E-state index is 0.314. The van der Waals surface area contributed by atoms with Crippen molar-refractivity contribution in [2.45, 2.75) is 32.4 Å². The summed E-state index contributed by atoms with van der Waals surface area (Å²) in [6, 6.07) is 1.56. The van der Waals surface area contributed by atoms with Crippen LogP contribution in [-0.2, 0) is 13.0 Å². The molecule has 1 unspecified atom stereocenters. The molecule has 1 atom stereocenters. The second kappa shape index (κ2) is 6.32. The first kappa shape index (κ1) is 14.2. The number of rotatable bonds is 5. The first-order valence-electron chi connectivity index (χ1n) is 5.97. The Morgan fingerprint density at radius 1 is 1.37 bits per heavy atom. The van der Waals surface area contributed by atoms with Crippen molar-refractivity contribution in [3.63, 3.8) is 0 Å². The predicted octanol–water partition coefficient (Wildman–Crippen LogP) is 2.67. The van der Waals surface area contributed by atoms with Gasteiger partial charge in [-0.1, -0.05) is 30.1 Å². The van der Waals surface area contributed by atoms with E-state index in [2.05, 4.69) is 22.0 Å². The van der Waals surface area contributed by atoms with Gasteiger partial charge in [0.15, 0.2) is 0 Å². The van der Waals surface area contributed by atoms with Gasteiger partial charge in [-0.15, -0.1) is 0 Å². The van der Waals surface area contributed by atoms with Gasteiger partial charge in [0.25, 0.3) is 0 Å². The van der Waals surface area contributed by atoms with Crippen molar-refractivity contribution in [3.8, 4) is 0 Å². The minimum Gasteiger partial charge on any atom is -0.386 e. The van der Waals surface area contributed by atoms with Crippen molar-refractivity contribution in [1.29, 1.82) is 0 Å². The highest BCUT2D eigenvalue weighted by atomic mass is 35.5. The zero-order chi connectivity index (χ0) is 13.8. The Balaban J connectivity index is 2.16. The van der Waals surface area contributed by atoms with Gasteiger partial charge in [0.1, 0.15) is 18.3 Å². The van der Waals surface area contributed by atoms with Crippen LogP contribution in [0.2, 0.25) is 10.0 Å². The number of nitrogens with zero attached hydrogens (tertiary/aromatic N) is 4. The Labute approximate surface area is 121 Å². The molecule has 0 aliphatic carbocycles. The summed E-state index contributed by atoms with van der Waals surface area (Å²) in [6.07, 6.45) is 3.38. The fraction of sp³-hybridized carbons (Fsp3) is 0.417. The summed E-state index contributed by atoms with van der Waals surface area (Å²) in [7, 11) is 0. The van der Waals surface area contributed by atoms with E-state index >= 15 is 0 Å². The van der Waals surface area contributed by atoms with Gasteiger partial charge in [0.05, 0.1) is 15.7 Å². The molecule has 0 aromatic carbocycles. The van der Waals surface area contributed by atoms with Gasteiger partial charge >= 0.3 is 0 Å². The molecule has 0 aliphatic heterocycles. The van der Waals surface area contributed by atoms with Crippen molar-refractivity contribution in [2.24, 2.45) is 0 Å². The van der Waals surface area contributed by atoms with E-state index in [1.165, 1.54) is 12.5 Å². The third-order valence-electron chi connectivity index (χ3n) is 2.66. The van der Waals surface area contributed by atoms with E-state index in [1.807, 2.05) is 0 Å². The first-order chi connectivity index (χ1) is 9.11. The summed E-state index contributed by atoms with van der Waals surface area (Å²) in [6.45, 7) is 2.82. The van der Waals surface area contributed by atoms with Crippen LogP contribution in [0.3, 0.4) is 0 Å². The molecule has 5 nitrogen and oxygen atoms in total. The molecule has 0 spiro atoms. The summed E-state index contributed by atoms with van der Waals surface area (Å²) in [5, 5.41) is 15.1. The van der Waals surface area contributed by atoms with E-state index in [-0.39, 0.29) is 0 Å². The zero-order valence-electron chi connectivity index (χ0n) is 10.4. The van der Waals surface area contributed by atoms with Crippen molar-refractivity contribution in [3.05, 3.63) is 40.2 Å². The smallest absolute Gasteiger partial charge is 0.138 e. The van der Waals surface area contributed by atoms with Gasteiger partial charge in [-0.25, -0.2) is 4.98 Å². The Morgan fingerprint density at radius 3 is 2.84 bits per heavy atom. The second-order valence-corrected chi connectivity index (χ2v) is 4.98. The fourth-order valence-corrected chi connectivity index (χ4v) is 2.29. The Hall–Kier alpha value is -1.17. The summed E-state index contributed by atoms with van der Waals surface area (Å²) < 4.78 is 1.77. The molecule has 0 amide bonds. The van der Waals surface area contributed by atoms with Crippen molar-refractivity contribution in [2.75, 3.05) is 0 Å². The van der Waals surface area contributed by atoms with Crippen molar-refractivity contribution < 1.29 is 5.11 Å². The lowest BCUT2D eigenvalue weighted by atomic mass is 10.1. The van der Waals surface area contributed by atoms with Crippen LogP contribution in [0.15, 0.2) is 18.6 Å². The normalized spacial score (nSPS) is 12.6. The summed E-state index contributed by atoms with van der Waals surface area (Å²) in [4.78, 5) is 8.21. The van der Waals surface area contributed by atoms with E-state index in [0.29, 0.717) is 28.0 Å². The molecule has 1 N–H and O–H groups in total. The number of aliphatic hydroxyl groups excluding tert-OH is 1. The predicted molar refractivity (Wildman–Crippen MR) is 73.2 cm³/mol. The van der Waals surface area contributed by atoms with Gasteiger partial charge in [-0.05, 0) is 12.5 Å². The third-order valence-corrected chi connectivity index (χ3v) is 3.17. The lowest BCUT2D eigenvalue weighted by Crippen LogP contribution is -2.11. The largest absolute Gasteiger partial charge is 0.386 e. The van der Waals surface area contributed by atoms with Gasteiger partial charge in [0, 0.05) is 19.2 Å². The molecule has 0 saturated heterocycles. The number of hydrogen-bond acceptors (Lipinski definition) is 4. The highest BCUT2D eigenvalue weighted by Crippen LogP contribution is 2.25. The molecule has 0 bridgehead atoms. The highest BCUT2D eigenvalue weighted by Gasteiger charge is 2.17. The summed E-state index contributed by atoms with van der Waals surface area (Å²) in [5.41, 5.74) is 0.400. The number of aromatic nitrogens is 4. The van der Waals surface area contributed by atoms with Crippen LogP contribution in [-0.4, -0.2) is 24.9 Å². The molecule has 0 radical (unpaired) electrons. The lowest BCUT2D eigenvalue weighted by Gasteiger charge is -2.12. The van der Waals surface area contributed by atoms with Gasteiger partial charge < -0.3 is 5.11 Å². The van der Waals surface area contributed by atoms with E-state index in [9.17, 15) is 5.11 Å². The average molecular weight is 301 g/mol. The van der Waals surface area contributed by atoms with Crippen molar-refractivity contribution >= 4 is 23.2 Å². The van der Waals surface area contributed by atoms with E-state index in [0.717, 1.165) is 13.0 Å². The van der Waals surface area contributed by atoms with Crippen LogP contribution in [0, 0.1) is 0 Å². The fourth-order valence-electron chi connectivity index (χ4n) is 1.78. The van der Waals surface area contributed by atoms with Crippen molar-refractivity contribution in [1.82, 2.24) is 19.7 Å². The van der Waals surface area contributed by atoms with Crippen LogP contribution in [0.25, 0.3) is 0 Å². The molecule has 2 heterocycles. The van der Waals surface area contributed by atoms with E-state index in [4.69, 9.17) is 23.2 Å². The van der Waals surface area contributed by atoms with Crippen LogP contribution in [0.1, 0.15) is 31.0 Å². The van der Waals surface area contributed by atoms with Gasteiger partial charge in [-0.3, -0.25) is 9.67 Å². The molecule has 0 fully saturated rings. The SMILES string of the molecule is CCCn1ncnc1CC(O)c1ncc(Cl)cc1Cl.